The Hall–Kier alpha value is -3.81. The molecule has 0 bridgehead atoms. The van der Waals surface area contributed by atoms with Crippen LogP contribution in [-0.4, -0.2) is 38.8 Å². The highest BCUT2D eigenvalue weighted by Crippen LogP contribution is 2.40. The predicted molar refractivity (Wildman–Crippen MR) is 133 cm³/mol. The molecule has 2 heterocycles. The third kappa shape index (κ3) is 4.48. The van der Waals surface area contributed by atoms with Crippen molar-refractivity contribution < 1.29 is 9.18 Å². The molecule has 1 amide bonds. The van der Waals surface area contributed by atoms with E-state index in [1.807, 2.05) is 57.3 Å². The summed E-state index contributed by atoms with van der Waals surface area (Å²) in [6.07, 6.45) is 3.33. The Morgan fingerprint density at radius 3 is 2.65 bits per heavy atom. The van der Waals surface area contributed by atoms with Crippen LogP contribution < -0.4 is 5.32 Å². The molecule has 3 aromatic rings. The zero-order chi connectivity index (χ0) is 24.2. The van der Waals surface area contributed by atoms with Gasteiger partial charge in [-0.1, -0.05) is 44.2 Å². The van der Waals surface area contributed by atoms with Crippen LogP contribution in [0.15, 0.2) is 59.6 Å². The Morgan fingerprint density at radius 1 is 1.21 bits per heavy atom. The van der Waals surface area contributed by atoms with E-state index in [4.69, 9.17) is 10.5 Å². The molecule has 2 N–H and O–H groups in total. The van der Waals surface area contributed by atoms with Gasteiger partial charge < -0.3 is 10.2 Å². The summed E-state index contributed by atoms with van der Waals surface area (Å²) >= 11 is 0. The Bertz CT molecular complexity index is 1220. The third-order valence-corrected chi connectivity index (χ3v) is 6.25. The van der Waals surface area contributed by atoms with Gasteiger partial charge in [-0.05, 0) is 43.5 Å². The fourth-order valence-corrected chi connectivity index (χ4v) is 4.70. The van der Waals surface area contributed by atoms with Crippen LogP contribution in [0.2, 0.25) is 0 Å². The Balaban J connectivity index is 1.63. The van der Waals surface area contributed by atoms with Crippen LogP contribution in [0.1, 0.15) is 44.0 Å². The minimum absolute atomic E-state index is 0.112. The molecule has 0 aliphatic carbocycles. The van der Waals surface area contributed by atoms with Gasteiger partial charge in [0.1, 0.15) is 5.82 Å². The quantitative estimate of drug-likeness (QED) is 0.417. The van der Waals surface area contributed by atoms with Gasteiger partial charge in [-0.15, -0.1) is 0 Å². The first kappa shape index (κ1) is 23.4. The van der Waals surface area contributed by atoms with Crippen molar-refractivity contribution in [3.63, 3.8) is 0 Å². The van der Waals surface area contributed by atoms with Gasteiger partial charge in [0.05, 0.1) is 23.8 Å². The first-order valence-corrected chi connectivity index (χ1v) is 11.5. The molecule has 0 spiro atoms. The summed E-state index contributed by atoms with van der Waals surface area (Å²) in [6.45, 7) is 4.04. The summed E-state index contributed by atoms with van der Waals surface area (Å²) in [6, 6.07) is 15.6. The summed E-state index contributed by atoms with van der Waals surface area (Å²) in [5.41, 5.74) is 4.31. The lowest BCUT2D eigenvalue weighted by Crippen LogP contribution is -2.49. The number of aliphatic imine (C=N–C) groups is 1. The Labute approximate surface area is 198 Å². The van der Waals surface area contributed by atoms with Crippen molar-refractivity contribution in [2.45, 2.75) is 45.2 Å². The number of carbonyl (C=O) groups is 1. The molecule has 7 nitrogen and oxygen atoms in total. The van der Waals surface area contributed by atoms with Gasteiger partial charge in [-0.25, -0.2) is 9.38 Å². The number of halogens is 1. The van der Waals surface area contributed by atoms with Gasteiger partial charge in [0.2, 0.25) is 5.84 Å². The first-order valence-electron chi connectivity index (χ1n) is 11.5. The third-order valence-electron chi connectivity index (χ3n) is 6.25. The number of amidine groups is 1. The van der Waals surface area contributed by atoms with Crippen molar-refractivity contribution in [1.29, 1.82) is 5.41 Å². The van der Waals surface area contributed by atoms with Crippen LogP contribution in [0, 0.1) is 11.2 Å². The molecular weight excluding hydrogens is 431 g/mol. The van der Waals surface area contributed by atoms with Crippen LogP contribution in [0.3, 0.4) is 0 Å². The maximum atomic E-state index is 14.0. The predicted octanol–water partition coefficient (Wildman–Crippen LogP) is 4.96. The summed E-state index contributed by atoms with van der Waals surface area (Å²) in [5, 5.41) is 16.1. The van der Waals surface area contributed by atoms with E-state index in [0.717, 1.165) is 34.6 Å². The monoisotopic (exact) mass is 460 g/mol. The minimum atomic E-state index is -0.423. The van der Waals surface area contributed by atoms with E-state index in [1.54, 1.807) is 15.6 Å². The molecule has 1 aliphatic rings. The van der Waals surface area contributed by atoms with Crippen molar-refractivity contribution in [3.8, 4) is 11.3 Å². The molecule has 0 saturated heterocycles. The number of hydrogen-bond donors (Lipinski definition) is 2. The molecule has 2 unspecified atom stereocenters. The standard InChI is InChI=1S/C26H29FN6O/c1-4-20-15-21-23(31-32(3)24(21)17-10-9-11-18(27)14-17)22(5-2)33(20)26(34)25(28)30-16-29-19-12-7-6-8-13-19/h6-14,16,20,22H,4-5,15H2,1-3H3,(H2,28,29,30). The van der Waals surface area contributed by atoms with Gasteiger partial charge in [-0.3, -0.25) is 14.9 Å². The van der Waals surface area contributed by atoms with Crippen molar-refractivity contribution in [1.82, 2.24) is 14.7 Å². The number of amides is 1. The molecule has 8 heteroatoms. The molecule has 4 rings (SSSR count). The lowest BCUT2D eigenvalue weighted by atomic mass is 9.87. The largest absolute Gasteiger partial charge is 0.346 e. The molecule has 0 fully saturated rings. The molecule has 1 aliphatic heterocycles. The van der Waals surface area contributed by atoms with Crippen LogP contribution in [0.4, 0.5) is 10.1 Å². The number of rotatable bonds is 5. The fourth-order valence-electron chi connectivity index (χ4n) is 4.70. The maximum absolute atomic E-state index is 14.0. The fraction of sp³-hybridized carbons (Fsp3) is 0.308. The SMILES string of the molecule is CCC1Cc2c(nn(C)c2-c2cccc(F)c2)C(CC)N1C(=O)C(=N)/N=C\Nc1ccccc1. The number of aryl methyl sites for hydroxylation is 1. The van der Waals surface area contributed by atoms with Gasteiger partial charge in [0.25, 0.3) is 5.91 Å². The smallest absolute Gasteiger partial charge is 0.291 e. The molecule has 0 saturated carbocycles. The lowest BCUT2D eigenvalue weighted by Gasteiger charge is -2.40. The number of fused-ring (bicyclic) bond motifs is 1. The van der Waals surface area contributed by atoms with Crippen molar-refractivity contribution in [3.05, 3.63) is 71.7 Å². The average Bonchev–Trinajstić information content (AvgIpc) is 3.18. The minimum Gasteiger partial charge on any atom is -0.346 e. The van der Waals surface area contributed by atoms with E-state index in [9.17, 15) is 9.18 Å². The van der Waals surface area contributed by atoms with Gasteiger partial charge in [0.15, 0.2) is 0 Å². The zero-order valence-corrected chi connectivity index (χ0v) is 19.6. The summed E-state index contributed by atoms with van der Waals surface area (Å²) in [5.74, 6) is -1.05. The number of nitrogens with zero attached hydrogens (tertiary/aromatic N) is 4. The molecule has 176 valence electrons. The lowest BCUT2D eigenvalue weighted by molar-refractivity contribution is -0.130. The maximum Gasteiger partial charge on any atom is 0.291 e. The molecule has 2 atom stereocenters. The number of nitrogens with one attached hydrogen (secondary N) is 2. The van der Waals surface area contributed by atoms with Crippen molar-refractivity contribution >= 4 is 23.8 Å². The number of aromatic nitrogens is 2. The number of benzene rings is 2. The number of hydrogen-bond acceptors (Lipinski definition) is 3. The molecule has 34 heavy (non-hydrogen) atoms. The normalized spacial score (nSPS) is 17.6. The number of carbonyl (C=O) groups excluding carboxylic acids is 1. The highest BCUT2D eigenvalue weighted by Gasteiger charge is 2.40. The second-order valence-electron chi connectivity index (χ2n) is 8.37. The average molecular weight is 461 g/mol. The summed E-state index contributed by atoms with van der Waals surface area (Å²) in [7, 11) is 1.85. The molecule has 1 aromatic heterocycles. The Morgan fingerprint density at radius 2 is 1.97 bits per heavy atom. The summed E-state index contributed by atoms with van der Waals surface area (Å²) in [4.78, 5) is 19.2. The number of para-hydroxylation sites is 1. The van der Waals surface area contributed by atoms with Crippen LogP contribution >= 0.6 is 0 Å². The second-order valence-corrected chi connectivity index (χ2v) is 8.37. The topological polar surface area (TPSA) is 86.4 Å². The zero-order valence-electron chi connectivity index (χ0n) is 19.6. The Kier molecular flexibility index (Phi) is 6.86. The first-order chi connectivity index (χ1) is 16.4. The molecule has 2 aromatic carbocycles. The van der Waals surface area contributed by atoms with Crippen LogP contribution in [-0.2, 0) is 18.3 Å². The van der Waals surface area contributed by atoms with Crippen LogP contribution in [0.25, 0.3) is 11.3 Å². The highest BCUT2D eigenvalue weighted by atomic mass is 19.1. The van der Waals surface area contributed by atoms with E-state index in [2.05, 4.69) is 10.3 Å². The molecule has 0 radical (unpaired) electrons. The van der Waals surface area contributed by atoms with Gasteiger partial charge >= 0.3 is 0 Å². The highest BCUT2D eigenvalue weighted by molar-refractivity contribution is 6.38. The van der Waals surface area contributed by atoms with E-state index in [1.165, 1.54) is 18.5 Å². The number of anilines is 1. The van der Waals surface area contributed by atoms with Gasteiger partial charge in [-0.2, -0.15) is 5.10 Å². The van der Waals surface area contributed by atoms with E-state index < -0.39 is 5.91 Å². The van der Waals surface area contributed by atoms with E-state index in [-0.39, 0.29) is 23.7 Å². The van der Waals surface area contributed by atoms with E-state index in [0.29, 0.717) is 12.8 Å². The van der Waals surface area contributed by atoms with Crippen molar-refractivity contribution in [2.75, 3.05) is 5.32 Å². The van der Waals surface area contributed by atoms with Crippen LogP contribution in [0.5, 0.6) is 0 Å². The van der Waals surface area contributed by atoms with Gasteiger partial charge in [0, 0.05) is 29.9 Å². The molecular formula is C26H29FN6O. The van der Waals surface area contributed by atoms with E-state index >= 15 is 0 Å². The second kappa shape index (κ2) is 9.99. The summed E-state index contributed by atoms with van der Waals surface area (Å²) < 4.78 is 15.7. The van der Waals surface area contributed by atoms with Crippen molar-refractivity contribution in [2.24, 2.45) is 12.0 Å².